The second-order valence-corrected chi connectivity index (χ2v) is 12.1. The molecule has 6 nitrogen and oxygen atoms in total. The third-order valence-electron chi connectivity index (χ3n) is 4.94. The zero-order chi connectivity index (χ0) is 20.6. The smallest absolute Gasteiger partial charge is 0.261 e. The molecule has 2 atom stereocenters. The summed E-state index contributed by atoms with van der Waals surface area (Å²) in [5.41, 5.74) is 8.61. The summed E-state index contributed by atoms with van der Waals surface area (Å²) < 4.78 is 6.82. The molecule has 0 spiro atoms. The molecule has 2 rings (SSSR count). The number of benzene rings is 2. The van der Waals surface area contributed by atoms with Gasteiger partial charge >= 0.3 is 0 Å². The van der Waals surface area contributed by atoms with Gasteiger partial charge in [0.15, 0.2) is 0 Å². The lowest BCUT2D eigenvalue weighted by molar-refractivity contribution is -0.00781. The maximum atomic E-state index is 10.5. The number of hydrogen-bond donors (Lipinski definition) is 2. The van der Waals surface area contributed by atoms with Gasteiger partial charge in [-0.15, -0.1) is 0 Å². The topological polar surface area (TPSA) is 98.5 Å². The first-order valence-corrected chi connectivity index (χ1v) is 11.4. The Morgan fingerprint density at radius 2 is 1.54 bits per heavy atom. The molecule has 0 aliphatic carbocycles. The number of azide groups is 1. The molecule has 0 fully saturated rings. The molecule has 0 radical (unpaired) electrons. The minimum atomic E-state index is -2.86. The van der Waals surface area contributed by atoms with Crippen molar-refractivity contribution in [3.05, 3.63) is 71.1 Å². The quantitative estimate of drug-likeness (QED) is 0.293. The van der Waals surface area contributed by atoms with Gasteiger partial charge < -0.3 is 14.6 Å². The third-order valence-corrected chi connectivity index (χ3v) is 10.00. The van der Waals surface area contributed by atoms with E-state index in [1.807, 2.05) is 36.4 Å². The molecule has 0 heterocycles. The van der Waals surface area contributed by atoms with Crippen molar-refractivity contribution >= 4 is 18.7 Å². The first kappa shape index (κ1) is 22.1. The monoisotopic (exact) mass is 399 g/mol. The highest BCUT2D eigenvalue weighted by molar-refractivity contribution is 6.99. The van der Waals surface area contributed by atoms with Crippen LogP contribution in [0, 0.1) is 0 Å². The summed E-state index contributed by atoms with van der Waals surface area (Å²) in [5, 5.41) is 25.6. The minimum Gasteiger partial charge on any atom is -0.402 e. The Morgan fingerprint density at radius 1 is 1.04 bits per heavy atom. The highest BCUT2D eigenvalue weighted by Gasteiger charge is 2.51. The van der Waals surface area contributed by atoms with Gasteiger partial charge in [0.25, 0.3) is 8.32 Å². The molecule has 0 aromatic heterocycles. The van der Waals surface area contributed by atoms with Crippen LogP contribution in [-0.2, 0) is 4.43 Å². The van der Waals surface area contributed by atoms with Crippen molar-refractivity contribution in [1.82, 2.24) is 0 Å². The van der Waals surface area contributed by atoms with Crippen LogP contribution in [0.4, 0.5) is 0 Å². The molecule has 0 saturated heterocycles. The highest BCUT2D eigenvalue weighted by Crippen LogP contribution is 2.38. The number of aliphatic hydroxyl groups excluding tert-OH is 2. The maximum Gasteiger partial charge on any atom is 0.261 e. The van der Waals surface area contributed by atoms with Gasteiger partial charge in [0.05, 0.1) is 12.7 Å². The van der Waals surface area contributed by atoms with E-state index in [1.54, 1.807) is 0 Å². The standard InChI is InChI=1S/C21H29N3O3Si/c1-21(2,3)28(17-10-6-4-7-11-17,18-12-8-5-9-13-18)27-20(19(26)16-25)14-15-23-24-22/h4-13,19-20,25-26H,14-16H2,1-3H3/t19-,20-/m1/s1. The van der Waals surface area contributed by atoms with Crippen LogP contribution in [0.5, 0.6) is 0 Å². The predicted molar refractivity (Wildman–Crippen MR) is 114 cm³/mol. The summed E-state index contributed by atoms with van der Waals surface area (Å²) >= 11 is 0. The fourth-order valence-electron chi connectivity index (χ4n) is 3.60. The number of rotatable bonds is 9. The SMILES string of the molecule is CC(C)(C)[Si](O[C@H](CCN=[N+]=[N-])[C@H](O)CO)(c1ccccc1)c1ccccc1. The molecule has 0 amide bonds. The molecule has 7 heteroatoms. The number of nitrogens with zero attached hydrogens (tertiary/aromatic N) is 3. The molecule has 0 aliphatic rings. The van der Waals surface area contributed by atoms with Crippen LogP contribution in [0.1, 0.15) is 27.2 Å². The minimum absolute atomic E-state index is 0.191. The van der Waals surface area contributed by atoms with Gasteiger partial charge in [-0.3, -0.25) is 0 Å². The Bertz CT molecular complexity index is 735. The molecule has 2 aromatic rings. The van der Waals surface area contributed by atoms with E-state index in [0.717, 1.165) is 10.4 Å². The maximum absolute atomic E-state index is 10.5. The van der Waals surface area contributed by atoms with Gasteiger partial charge in [0.1, 0.15) is 6.10 Å². The van der Waals surface area contributed by atoms with Gasteiger partial charge in [-0.2, -0.15) is 0 Å². The molecule has 150 valence electrons. The van der Waals surface area contributed by atoms with Crippen LogP contribution in [0.3, 0.4) is 0 Å². The van der Waals surface area contributed by atoms with Gasteiger partial charge in [-0.1, -0.05) is 86.5 Å². The third kappa shape index (κ3) is 4.81. The fourth-order valence-corrected chi connectivity index (χ4v) is 8.34. The lowest BCUT2D eigenvalue weighted by atomic mass is 10.1. The lowest BCUT2D eigenvalue weighted by Crippen LogP contribution is -2.68. The van der Waals surface area contributed by atoms with Gasteiger partial charge in [0.2, 0.25) is 0 Å². The summed E-state index contributed by atoms with van der Waals surface area (Å²) in [6.45, 7) is 6.22. The van der Waals surface area contributed by atoms with Crippen LogP contribution in [0.15, 0.2) is 65.8 Å². The summed E-state index contributed by atoms with van der Waals surface area (Å²) in [7, 11) is -2.86. The van der Waals surface area contributed by atoms with Gasteiger partial charge in [-0.25, -0.2) is 0 Å². The number of aliphatic hydroxyl groups is 2. The van der Waals surface area contributed by atoms with Crippen molar-refractivity contribution in [2.75, 3.05) is 13.2 Å². The van der Waals surface area contributed by atoms with E-state index in [2.05, 4.69) is 55.1 Å². The van der Waals surface area contributed by atoms with Crippen molar-refractivity contribution in [3.8, 4) is 0 Å². The molecule has 28 heavy (non-hydrogen) atoms. The highest BCUT2D eigenvalue weighted by atomic mass is 28.4. The van der Waals surface area contributed by atoms with Crippen molar-refractivity contribution in [3.63, 3.8) is 0 Å². The van der Waals surface area contributed by atoms with E-state index in [4.69, 9.17) is 9.96 Å². The van der Waals surface area contributed by atoms with Crippen molar-refractivity contribution in [1.29, 1.82) is 0 Å². The molecule has 0 saturated carbocycles. The zero-order valence-corrected chi connectivity index (χ0v) is 17.7. The zero-order valence-electron chi connectivity index (χ0n) is 16.7. The molecule has 2 N–H and O–H groups in total. The van der Waals surface area contributed by atoms with Crippen LogP contribution >= 0.6 is 0 Å². The van der Waals surface area contributed by atoms with E-state index >= 15 is 0 Å². The van der Waals surface area contributed by atoms with Crippen molar-refractivity contribution in [2.45, 2.75) is 44.4 Å². The van der Waals surface area contributed by atoms with E-state index < -0.39 is 27.1 Å². The fraction of sp³-hybridized carbons (Fsp3) is 0.429. The predicted octanol–water partition coefficient (Wildman–Crippen LogP) is 2.99. The van der Waals surface area contributed by atoms with Crippen LogP contribution in [0.2, 0.25) is 5.04 Å². The van der Waals surface area contributed by atoms with Crippen LogP contribution in [0.25, 0.3) is 10.4 Å². The summed E-state index contributed by atoms with van der Waals surface area (Å²) in [5.74, 6) is 0. The molecule has 0 aliphatic heterocycles. The van der Waals surface area contributed by atoms with E-state index in [9.17, 15) is 10.2 Å². The Labute approximate surface area is 167 Å². The van der Waals surface area contributed by atoms with Crippen LogP contribution < -0.4 is 10.4 Å². The van der Waals surface area contributed by atoms with E-state index in [-0.39, 0.29) is 11.6 Å². The van der Waals surface area contributed by atoms with E-state index in [1.165, 1.54) is 0 Å². The molecule has 2 aromatic carbocycles. The first-order chi connectivity index (χ1) is 13.4. The van der Waals surface area contributed by atoms with Crippen molar-refractivity contribution in [2.24, 2.45) is 5.11 Å². The van der Waals surface area contributed by atoms with Gasteiger partial charge in [-0.05, 0) is 27.4 Å². The molecular weight excluding hydrogens is 370 g/mol. The first-order valence-electron chi connectivity index (χ1n) is 9.45. The Balaban J connectivity index is 2.63. The molecule has 0 bridgehead atoms. The Morgan fingerprint density at radius 3 is 1.93 bits per heavy atom. The Kier molecular flexibility index (Phi) is 7.80. The van der Waals surface area contributed by atoms with E-state index in [0.29, 0.717) is 6.42 Å². The normalized spacial score (nSPS) is 14.2. The summed E-state index contributed by atoms with van der Waals surface area (Å²) in [4.78, 5) is 2.79. The van der Waals surface area contributed by atoms with Gasteiger partial charge in [0, 0.05) is 11.5 Å². The summed E-state index contributed by atoms with van der Waals surface area (Å²) in [6, 6.07) is 20.2. The van der Waals surface area contributed by atoms with Crippen LogP contribution in [-0.4, -0.2) is 43.9 Å². The number of hydrogen-bond acceptors (Lipinski definition) is 4. The largest absolute Gasteiger partial charge is 0.402 e. The summed E-state index contributed by atoms with van der Waals surface area (Å²) in [6.07, 6.45) is -1.38. The average Bonchev–Trinajstić information content (AvgIpc) is 2.70. The Hall–Kier alpha value is -2.15. The average molecular weight is 400 g/mol. The lowest BCUT2D eigenvalue weighted by Gasteiger charge is -2.45. The molecular formula is C21H29N3O3Si. The second kappa shape index (κ2) is 9.86. The molecule has 0 unspecified atom stereocenters. The van der Waals surface area contributed by atoms with Crippen molar-refractivity contribution < 1.29 is 14.6 Å². The second-order valence-electron chi connectivity index (χ2n) is 7.81.